The number of amides is 2. The van der Waals surface area contributed by atoms with Gasteiger partial charge in [-0.3, -0.25) is 14.4 Å². The fraction of sp³-hybridized carbons (Fsp3) is 0.526. The Kier molecular flexibility index (Phi) is 5.36. The van der Waals surface area contributed by atoms with Gasteiger partial charge >= 0.3 is 5.97 Å². The first-order valence-corrected chi connectivity index (χ1v) is 8.86. The summed E-state index contributed by atoms with van der Waals surface area (Å²) in [6.07, 6.45) is 4.36. The van der Waals surface area contributed by atoms with Crippen molar-refractivity contribution in [1.82, 2.24) is 5.32 Å². The first kappa shape index (κ1) is 17.5. The molecule has 6 heteroatoms. The summed E-state index contributed by atoms with van der Waals surface area (Å²) in [5.41, 5.74) is 1.89. The number of nitrogens with zero attached hydrogens (tertiary/aromatic N) is 1. The van der Waals surface area contributed by atoms with E-state index in [1.807, 2.05) is 31.2 Å². The van der Waals surface area contributed by atoms with Crippen LogP contribution in [0.2, 0.25) is 0 Å². The monoisotopic (exact) mass is 344 g/mol. The first-order chi connectivity index (χ1) is 12.0. The van der Waals surface area contributed by atoms with Gasteiger partial charge < -0.3 is 15.0 Å². The number of esters is 1. The second-order valence-corrected chi connectivity index (χ2v) is 6.90. The van der Waals surface area contributed by atoms with Gasteiger partial charge in [-0.2, -0.15) is 0 Å². The van der Waals surface area contributed by atoms with E-state index in [0.717, 1.165) is 36.9 Å². The van der Waals surface area contributed by atoms with E-state index in [9.17, 15) is 14.4 Å². The zero-order valence-corrected chi connectivity index (χ0v) is 14.5. The maximum Gasteiger partial charge on any atom is 0.311 e. The zero-order valence-electron chi connectivity index (χ0n) is 14.5. The average molecular weight is 344 g/mol. The molecule has 2 fully saturated rings. The van der Waals surface area contributed by atoms with Crippen molar-refractivity contribution in [3.63, 3.8) is 0 Å². The Labute approximate surface area is 147 Å². The molecule has 0 bridgehead atoms. The molecule has 1 aromatic rings. The van der Waals surface area contributed by atoms with Gasteiger partial charge in [-0.25, -0.2) is 0 Å². The van der Waals surface area contributed by atoms with E-state index in [4.69, 9.17) is 4.74 Å². The molecule has 25 heavy (non-hydrogen) atoms. The largest absolute Gasteiger partial charge is 0.455 e. The quantitative estimate of drug-likeness (QED) is 0.829. The topological polar surface area (TPSA) is 75.7 Å². The highest BCUT2D eigenvalue weighted by atomic mass is 16.5. The Morgan fingerprint density at radius 1 is 1.20 bits per heavy atom. The summed E-state index contributed by atoms with van der Waals surface area (Å²) < 4.78 is 5.12. The predicted molar refractivity (Wildman–Crippen MR) is 93.0 cm³/mol. The highest BCUT2D eigenvalue weighted by Gasteiger charge is 2.36. The summed E-state index contributed by atoms with van der Waals surface area (Å²) in [5.74, 6) is -1.36. The van der Waals surface area contributed by atoms with Crippen molar-refractivity contribution in [3.05, 3.63) is 29.8 Å². The van der Waals surface area contributed by atoms with Crippen LogP contribution in [0.5, 0.6) is 0 Å². The van der Waals surface area contributed by atoms with E-state index >= 15 is 0 Å². The number of hydrogen-bond acceptors (Lipinski definition) is 4. The highest BCUT2D eigenvalue weighted by molar-refractivity contribution is 5.99. The lowest BCUT2D eigenvalue weighted by Crippen LogP contribution is -2.36. The average Bonchev–Trinajstić information content (AvgIpc) is 3.23. The molecule has 2 aliphatic rings. The maximum atomic E-state index is 12.2. The Hall–Kier alpha value is -2.37. The van der Waals surface area contributed by atoms with Crippen molar-refractivity contribution in [3.8, 4) is 0 Å². The lowest BCUT2D eigenvalue weighted by molar-refractivity contribution is -0.152. The van der Waals surface area contributed by atoms with Gasteiger partial charge in [0.25, 0.3) is 5.91 Å². The summed E-state index contributed by atoms with van der Waals surface area (Å²) in [6.45, 7) is 2.00. The third kappa shape index (κ3) is 4.38. The van der Waals surface area contributed by atoms with Crippen LogP contribution in [-0.4, -0.2) is 37.0 Å². The molecule has 3 rings (SSSR count). The van der Waals surface area contributed by atoms with Crippen molar-refractivity contribution in [2.24, 2.45) is 5.92 Å². The van der Waals surface area contributed by atoms with Crippen molar-refractivity contribution in [1.29, 1.82) is 0 Å². The molecule has 0 spiro atoms. The smallest absolute Gasteiger partial charge is 0.311 e. The number of ether oxygens (including phenoxy) is 1. The number of hydrogen-bond donors (Lipinski definition) is 1. The van der Waals surface area contributed by atoms with Gasteiger partial charge in [-0.15, -0.1) is 0 Å². The van der Waals surface area contributed by atoms with Crippen molar-refractivity contribution in [2.45, 2.75) is 45.1 Å². The minimum absolute atomic E-state index is 0.0961. The van der Waals surface area contributed by atoms with Gasteiger partial charge in [-0.05, 0) is 31.9 Å². The molecular weight excluding hydrogens is 320 g/mol. The van der Waals surface area contributed by atoms with E-state index in [0.29, 0.717) is 6.54 Å². The van der Waals surface area contributed by atoms with Gasteiger partial charge in [0.15, 0.2) is 6.61 Å². The van der Waals surface area contributed by atoms with Crippen LogP contribution in [0.1, 0.15) is 37.7 Å². The second-order valence-electron chi connectivity index (χ2n) is 6.90. The molecule has 1 atom stereocenters. The van der Waals surface area contributed by atoms with Crippen LogP contribution in [-0.2, 0) is 19.1 Å². The number of anilines is 1. The third-order valence-electron chi connectivity index (χ3n) is 4.87. The molecule has 0 aromatic heterocycles. The SMILES string of the molecule is Cc1ccc(N2C[C@@H](C(=O)OCC(=O)NC3CCCC3)CC2=O)cc1. The van der Waals surface area contributed by atoms with Crippen molar-refractivity contribution < 1.29 is 19.1 Å². The summed E-state index contributed by atoms with van der Waals surface area (Å²) in [6, 6.07) is 7.81. The molecular formula is C19H24N2O4. The predicted octanol–water partition coefficient (Wildman–Crippen LogP) is 1.95. The maximum absolute atomic E-state index is 12.2. The summed E-state index contributed by atoms with van der Waals surface area (Å²) in [7, 11) is 0. The Morgan fingerprint density at radius 2 is 1.88 bits per heavy atom. The fourth-order valence-corrected chi connectivity index (χ4v) is 3.43. The standard InChI is InChI=1S/C19H24N2O4/c1-13-6-8-16(9-7-13)21-11-14(10-18(21)23)19(24)25-12-17(22)20-15-4-2-3-5-15/h6-9,14-15H,2-5,10-12H2,1H3,(H,20,22)/t14-/m0/s1. The number of aryl methyl sites for hydroxylation is 1. The second kappa shape index (κ2) is 7.68. The normalized spacial score (nSPS) is 20.8. The van der Waals surface area contributed by atoms with Gasteiger partial charge in [0.2, 0.25) is 5.91 Å². The molecule has 0 radical (unpaired) electrons. The highest BCUT2D eigenvalue weighted by Crippen LogP contribution is 2.26. The van der Waals surface area contributed by atoms with Crippen LogP contribution in [0, 0.1) is 12.8 Å². The summed E-state index contributed by atoms with van der Waals surface area (Å²) in [4.78, 5) is 37.8. The Bertz CT molecular complexity index is 650. The van der Waals surface area contributed by atoms with Crippen LogP contribution in [0.3, 0.4) is 0 Å². The molecule has 1 saturated heterocycles. The molecule has 6 nitrogen and oxygen atoms in total. The lowest BCUT2D eigenvalue weighted by atomic mass is 10.1. The minimum Gasteiger partial charge on any atom is -0.455 e. The minimum atomic E-state index is -0.520. The summed E-state index contributed by atoms with van der Waals surface area (Å²) >= 11 is 0. The van der Waals surface area contributed by atoms with E-state index in [-0.39, 0.29) is 30.9 Å². The molecule has 2 amide bonds. The molecule has 0 unspecified atom stereocenters. The van der Waals surface area contributed by atoms with Crippen LogP contribution in [0.25, 0.3) is 0 Å². The third-order valence-corrected chi connectivity index (χ3v) is 4.87. The van der Waals surface area contributed by atoms with Gasteiger partial charge in [0.05, 0.1) is 5.92 Å². The molecule has 1 aliphatic heterocycles. The molecule has 134 valence electrons. The van der Waals surface area contributed by atoms with E-state index in [1.165, 1.54) is 0 Å². The van der Waals surface area contributed by atoms with Crippen LogP contribution >= 0.6 is 0 Å². The number of carbonyl (C=O) groups is 3. The van der Waals surface area contributed by atoms with E-state index < -0.39 is 11.9 Å². The van der Waals surface area contributed by atoms with Crippen molar-refractivity contribution >= 4 is 23.5 Å². The molecule has 1 saturated carbocycles. The fourth-order valence-electron chi connectivity index (χ4n) is 3.43. The molecule has 1 N–H and O–H groups in total. The van der Waals surface area contributed by atoms with Gasteiger partial charge in [-0.1, -0.05) is 30.5 Å². The molecule has 1 heterocycles. The number of carbonyl (C=O) groups excluding carboxylic acids is 3. The number of benzene rings is 1. The molecule has 1 aliphatic carbocycles. The Morgan fingerprint density at radius 3 is 2.56 bits per heavy atom. The van der Waals surface area contributed by atoms with Crippen LogP contribution in [0.4, 0.5) is 5.69 Å². The van der Waals surface area contributed by atoms with Crippen LogP contribution < -0.4 is 10.2 Å². The summed E-state index contributed by atoms with van der Waals surface area (Å²) in [5, 5.41) is 2.88. The van der Waals surface area contributed by atoms with E-state index in [2.05, 4.69) is 5.32 Å². The van der Waals surface area contributed by atoms with Gasteiger partial charge in [0, 0.05) is 24.7 Å². The van der Waals surface area contributed by atoms with Crippen LogP contribution in [0.15, 0.2) is 24.3 Å². The Balaban J connectivity index is 1.48. The zero-order chi connectivity index (χ0) is 17.8. The van der Waals surface area contributed by atoms with E-state index in [1.54, 1.807) is 4.90 Å². The number of nitrogens with one attached hydrogen (secondary N) is 1. The van der Waals surface area contributed by atoms with Gasteiger partial charge in [0.1, 0.15) is 0 Å². The first-order valence-electron chi connectivity index (χ1n) is 8.86. The number of rotatable bonds is 5. The van der Waals surface area contributed by atoms with Crippen molar-refractivity contribution in [2.75, 3.05) is 18.1 Å². The lowest BCUT2D eigenvalue weighted by Gasteiger charge is -2.17. The molecule has 1 aromatic carbocycles.